The van der Waals surface area contributed by atoms with Gasteiger partial charge in [-0.25, -0.2) is 4.39 Å². The lowest BCUT2D eigenvalue weighted by Gasteiger charge is -2.05. The van der Waals surface area contributed by atoms with Crippen LogP contribution in [0.4, 0.5) is 4.39 Å². The fourth-order valence-electron chi connectivity index (χ4n) is 2.28. The number of benzene rings is 2. The molecule has 0 saturated carbocycles. The highest BCUT2D eigenvalue weighted by molar-refractivity contribution is 7.07. The van der Waals surface area contributed by atoms with Crippen molar-refractivity contribution in [2.45, 2.75) is 6.42 Å². The van der Waals surface area contributed by atoms with E-state index in [1.807, 2.05) is 0 Å². The molecule has 1 heterocycles. The van der Waals surface area contributed by atoms with Crippen molar-refractivity contribution in [1.82, 2.24) is 14.7 Å². The summed E-state index contributed by atoms with van der Waals surface area (Å²) in [7, 11) is 1.58. The molecule has 27 heavy (non-hydrogen) atoms. The van der Waals surface area contributed by atoms with Crippen LogP contribution in [0.5, 0.6) is 10.9 Å². The van der Waals surface area contributed by atoms with Crippen molar-refractivity contribution in [3.05, 3.63) is 71.3 Å². The maximum Gasteiger partial charge on any atom is 0.298 e. The smallest absolute Gasteiger partial charge is 0.298 e. The first-order valence-corrected chi connectivity index (χ1v) is 9.03. The molecule has 0 unspecified atom stereocenters. The highest BCUT2D eigenvalue weighted by atomic mass is 32.1. The van der Waals surface area contributed by atoms with Crippen LogP contribution in [-0.4, -0.2) is 35.5 Å². The van der Waals surface area contributed by atoms with Crippen LogP contribution in [0.25, 0.3) is 0 Å². The topological polar surface area (TPSA) is 73.3 Å². The van der Waals surface area contributed by atoms with Gasteiger partial charge in [0.15, 0.2) is 5.82 Å². The third kappa shape index (κ3) is 5.57. The summed E-state index contributed by atoms with van der Waals surface area (Å²) in [5, 5.41) is 3.16. The fourth-order valence-corrected chi connectivity index (χ4v) is 2.85. The third-order valence-electron chi connectivity index (χ3n) is 3.64. The van der Waals surface area contributed by atoms with Crippen molar-refractivity contribution < 1.29 is 18.7 Å². The highest BCUT2D eigenvalue weighted by Gasteiger charge is 2.09. The number of aromatic nitrogens is 2. The fraction of sp³-hybridized carbons (Fsp3) is 0.211. The first-order valence-electron chi connectivity index (χ1n) is 8.26. The maximum atomic E-state index is 12.9. The van der Waals surface area contributed by atoms with Gasteiger partial charge in [-0.2, -0.15) is 9.36 Å². The van der Waals surface area contributed by atoms with Gasteiger partial charge in [0, 0.05) is 37.2 Å². The van der Waals surface area contributed by atoms with Gasteiger partial charge in [0.25, 0.3) is 11.1 Å². The summed E-state index contributed by atoms with van der Waals surface area (Å²) < 4.78 is 27.8. The van der Waals surface area contributed by atoms with Crippen molar-refractivity contribution in [1.29, 1.82) is 0 Å². The third-order valence-corrected chi connectivity index (χ3v) is 4.27. The molecule has 6 nitrogen and oxygen atoms in total. The lowest BCUT2D eigenvalue weighted by Crippen LogP contribution is -2.26. The number of hydrogen-bond donors (Lipinski definition) is 1. The van der Waals surface area contributed by atoms with E-state index in [-0.39, 0.29) is 11.7 Å². The molecule has 2 aromatic carbocycles. The molecular formula is C19H18FN3O3S. The number of carbonyl (C=O) groups excluding carboxylic acids is 1. The monoisotopic (exact) mass is 387 g/mol. The molecule has 0 saturated heterocycles. The van der Waals surface area contributed by atoms with E-state index in [9.17, 15) is 9.18 Å². The molecule has 1 N–H and O–H groups in total. The Labute approximate surface area is 160 Å². The van der Waals surface area contributed by atoms with E-state index in [2.05, 4.69) is 14.7 Å². The second-order valence-electron chi connectivity index (χ2n) is 5.65. The van der Waals surface area contributed by atoms with Crippen molar-refractivity contribution in [2.24, 2.45) is 0 Å². The van der Waals surface area contributed by atoms with Crippen molar-refractivity contribution >= 4 is 17.4 Å². The molecule has 3 aromatic rings. The van der Waals surface area contributed by atoms with Crippen LogP contribution in [0.3, 0.4) is 0 Å². The number of rotatable bonds is 8. The number of nitrogens with zero attached hydrogens (tertiary/aromatic N) is 2. The van der Waals surface area contributed by atoms with Crippen molar-refractivity contribution in [2.75, 3.05) is 20.3 Å². The molecule has 0 radical (unpaired) electrons. The predicted octanol–water partition coefficient (Wildman–Crippen LogP) is 3.44. The van der Waals surface area contributed by atoms with Gasteiger partial charge < -0.3 is 14.8 Å². The molecule has 0 bridgehead atoms. The summed E-state index contributed by atoms with van der Waals surface area (Å²) in [5.74, 6) is 0.726. The molecule has 0 spiro atoms. The zero-order valence-electron chi connectivity index (χ0n) is 14.6. The molecule has 0 atom stereocenters. The minimum absolute atomic E-state index is 0.170. The maximum absolute atomic E-state index is 12.9. The van der Waals surface area contributed by atoms with E-state index in [1.54, 1.807) is 43.5 Å². The summed E-state index contributed by atoms with van der Waals surface area (Å²) in [6.45, 7) is 0.916. The van der Waals surface area contributed by atoms with Crippen LogP contribution in [0.1, 0.15) is 21.7 Å². The first-order chi connectivity index (χ1) is 13.1. The number of ether oxygens (including phenoxy) is 2. The van der Waals surface area contributed by atoms with Gasteiger partial charge in [-0.15, -0.1) is 0 Å². The van der Waals surface area contributed by atoms with Crippen LogP contribution >= 0.6 is 11.5 Å². The molecule has 0 fully saturated rings. The van der Waals surface area contributed by atoms with Gasteiger partial charge in [-0.05, 0) is 42.0 Å². The van der Waals surface area contributed by atoms with E-state index in [1.165, 1.54) is 12.1 Å². The number of methoxy groups -OCH3 is 1. The van der Waals surface area contributed by atoms with Crippen LogP contribution < -0.4 is 10.1 Å². The van der Waals surface area contributed by atoms with Crippen molar-refractivity contribution in [3.63, 3.8) is 0 Å². The van der Waals surface area contributed by atoms with E-state index < -0.39 is 0 Å². The van der Waals surface area contributed by atoms with Crippen LogP contribution in [-0.2, 0) is 11.2 Å². The highest BCUT2D eigenvalue weighted by Crippen LogP contribution is 2.24. The van der Waals surface area contributed by atoms with Crippen LogP contribution in [0, 0.1) is 5.82 Å². The summed E-state index contributed by atoms with van der Waals surface area (Å²) in [4.78, 5) is 16.3. The van der Waals surface area contributed by atoms with Gasteiger partial charge in [-0.3, -0.25) is 4.79 Å². The van der Waals surface area contributed by atoms with Crippen LogP contribution in [0.15, 0.2) is 48.5 Å². The minimum Gasteiger partial charge on any atom is -0.430 e. The molecule has 8 heteroatoms. The Kier molecular flexibility index (Phi) is 6.45. The van der Waals surface area contributed by atoms with Gasteiger partial charge in [0.2, 0.25) is 0 Å². The van der Waals surface area contributed by atoms with Crippen LogP contribution in [0.2, 0.25) is 0 Å². The minimum atomic E-state index is -0.273. The van der Waals surface area contributed by atoms with E-state index in [0.717, 1.165) is 17.1 Å². The number of nitrogens with one attached hydrogen (secondary N) is 1. The molecule has 3 rings (SSSR count). The first kappa shape index (κ1) is 18.9. The standard InChI is InChI=1S/C19H18FN3O3S/c1-25-11-10-21-18(24)14-4-8-16(9-5-14)26-19-22-17(23-27-19)12-13-2-6-15(20)7-3-13/h2-9H,10-12H2,1H3,(H,21,24). The number of carbonyl (C=O) groups is 1. The quantitative estimate of drug-likeness (QED) is 0.600. The molecule has 0 aliphatic rings. The second kappa shape index (κ2) is 9.20. The molecule has 1 aromatic heterocycles. The Bertz CT molecular complexity index is 882. The molecule has 140 valence electrons. The average molecular weight is 387 g/mol. The lowest BCUT2D eigenvalue weighted by molar-refractivity contribution is 0.0937. The number of halogens is 1. The lowest BCUT2D eigenvalue weighted by atomic mass is 10.1. The largest absolute Gasteiger partial charge is 0.430 e. The number of amides is 1. The molecule has 0 aliphatic carbocycles. The Morgan fingerprint density at radius 1 is 1.15 bits per heavy atom. The zero-order chi connectivity index (χ0) is 19.1. The van der Waals surface area contributed by atoms with E-state index in [0.29, 0.717) is 41.9 Å². The Morgan fingerprint density at radius 3 is 2.59 bits per heavy atom. The molecule has 1 amide bonds. The van der Waals surface area contributed by atoms with E-state index >= 15 is 0 Å². The normalized spacial score (nSPS) is 10.6. The Balaban J connectivity index is 1.57. The van der Waals surface area contributed by atoms with Gasteiger partial charge in [-0.1, -0.05) is 12.1 Å². The summed E-state index contributed by atoms with van der Waals surface area (Å²) >= 11 is 1.14. The average Bonchev–Trinajstić information content (AvgIpc) is 3.11. The Morgan fingerprint density at radius 2 is 1.89 bits per heavy atom. The van der Waals surface area contributed by atoms with Gasteiger partial charge >= 0.3 is 0 Å². The Hall–Kier alpha value is -2.84. The second-order valence-corrected chi connectivity index (χ2v) is 6.37. The van der Waals surface area contributed by atoms with E-state index in [4.69, 9.17) is 9.47 Å². The summed E-state index contributed by atoms with van der Waals surface area (Å²) in [6.07, 6.45) is 0.501. The number of hydrogen-bond acceptors (Lipinski definition) is 6. The summed E-state index contributed by atoms with van der Waals surface area (Å²) in [6, 6.07) is 13.0. The van der Waals surface area contributed by atoms with Gasteiger partial charge in [0.05, 0.1) is 6.61 Å². The molecule has 0 aliphatic heterocycles. The zero-order valence-corrected chi connectivity index (χ0v) is 15.5. The SMILES string of the molecule is COCCNC(=O)c1ccc(Oc2nc(Cc3ccc(F)cc3)ns2)cc1. The van der Waals surface area contributed by atoms with Gasteiger partial charge in [0.1, 0.15) is 11.6 Å². The van der Waals surface area contributed by atoms with Crippen molar-refractivity contribution in [3.8, 4) is 10.9 Å². The summed E-state index contributed by atoms with van der Waals surface area (Å²) in [5.41, 5.74) is 1.46. The molecular weight excluding hydrogens is 369 g/mol. The predicted molar refractivity (Wildman–Crippen MR) is 99.8 cm³/mol.